The Morgan fingerprint density at radius 2 is 1.94 bits per heavy atom. The van der Waals surface area contributed by atoms with Gasteiger partial charge in [-0.3, -0.25) is 9.69 Å². The molecule has 33 heavy (non-hydrogen) atoms. The molecule has 0 atom stereocenters. The van der Waals surface area contributed by atoms with Gasteiger partial charge in [0.2, 0.25) is 5.95 Å². The van der Waals surface area contributed by atoms with Gasteiger partial charge in [-0.25, -0.2) is 4.79 Å². The van der Waals surface area contributed by atoms with Crippen LogP contribution < -0.4 is 24.8 Å². The zero-order chi connectivity index (χ0) is 23.7. The maximum Gasteiger partial charge on any atom is 0.324 e. The molecular weight excluding hydrogens is 422 g/mol. The summed E-state index contributed by atoms with van der Waals surface area (Å²) in [6.07, 6.45) is 0. The predicted molar refractivity (Wildman–Crippen MR) is 129 cm³/mol. The number of H-pyrrole nitrogens is 1. The van der Waals surface area contributed by atoms with Gasteiger partial charge >= 0.3 is 6.03 Å². The van der Waals surface area contributed by atoms with Crippen LogP contribution >= 0.6 is 0 Å². The summed E-state index contributed by atoms with van der Waals surface area (Å²) in [6, 6.07) is 9.67. The lowest BCUT2D eigenvalue weighted by molar-refractivity contribution is 0.223. The fraction of sp³-hybridized carbons (Fsp3) is 0.375. The predicted octanol–water partition coefficient (Wildman–Crippen LogP) is 3.15. The third-order valence-corrected chi connectivity index (χ3v) is 6.06. The zero-order valence-electron chi connectivity index (χ0n) is 19.6. The van der Waals surface area contributed by atoms with Crippen molar-refractivity contribution in [1.29, 1.82) is 0 Å². The highest BCUT2D eigenvalue weighted by atomic mass is 16.5. The SMILES string of the molecule is CCN1CCN(c2cccc(CN(C)c3nc(=O)c4c(C)c(OC)c(OC)cc4[nH]3)c2)C1=O. The third kappa shape index (κ3) is 4.06. The van der Waals surface area contributed by atoms with Gasteiger partial charge in [-0.15, -0.1) is 0 Å². The molecule has 0 radical (unpaired) electrons. The monoisotopic (exact) mass is 451 g/mol. The summed E-state index contributed by atoms with van der Waals surface area (Å²) in [6.45, 7) is 6.42. The van der Waals surface area contributed by atoms with Gasteiger partial charge in [-0.05, 0) is 31.5 Å². The van der Waals surface area contributed by atoms with Gasteiger partial charge in [-0.2, -0.15) is 4.98 Å². The number of nitrogens with zero attached hydrogens (tertiary/aromatic N) is 4. The van der Waals surface area contributed by atoms with E-state index in [9.17, 15) is 9.59 Å². The van der Waals surface area contributed by atoms with Crippen molar-refractivity contribution in [2.24, 2.45) is 0 Å². The van der Waals surface area contributed by atoms with E-state index < -0.39 is 0 Å². The minimum Gasteiger partial charge on any atom is -0.493 e. The number of likely N-dealkylation sites (N-methyl/N-ethyl adjacent to an activating group) is 1. The third-order valence-electron chi connectivity index (χ3n) is 6.06. The molecule has 2 heterocycles. The largest absolute Gasteiger partial charge is 0.493 e. The molecule has 9 nitrogen and oxygen atoms in total. The maximum absolute atomic E-state index is 12.9. The Kier molecular flexibility index (Phi) is 6.13. The lowest BCUT2D eigenvalue weighted by Gasteiger charge is -2.21. The Bertz CT molecular complexity index is 1260. The highest BCUT2D eigenvalue weighted by molar-refractivity contribution is 5.94. The molecule has 0 spiro atoms. The van der Waals surface area contributed by atoms with E-state index in [2.05, 4.69) is 9.97 Å². The van der Waals surface area contributed by atoms with E-state index in [1.54, 1.807) is 25.2 Å². The summed E-state index contributed by atoms with van der Waals surface area (Å²) in [7, 11) is 4.97. The van der Waals surface area contributed by atoms with Crippen molar-refractivity contribution < 1.29 is 14.3 Å². The number of hydrogen-bond donors (Lipinski definition) is 1. The lowest BCUT2D eigenvalue weighted by Crippen LogP contribution is -2.31. The quantitative estimate of drug-likeness (QED) is 0.594. The average Bonchev–Trinajstić information content (AvgIpc) is 3.18. The van der Waals surface area contributed by atoms with E-state index in [-0.39, 0.29) is 11.6 Å². The molecule has 9 heteroatoms. The molecule has 1 aliphatic heterocycles. The van der Waals surface area contributed by atoms with Crippen LogP contribution in [0.1, 0.15) is 18.1 Å². The van der Waals surface area contributed by atoms with Gasteiger partial charge in [0, 0.05) is 50.5 Å². The molecule has 2 aromatic carbocycles. The Labute approximate surface area is 192 Å². The summed E-state index contributed by atoms with van der Waals surface area (Å²) in [5, 5.41) is 0.472. The Balaban J connectivity index is 1.63. The van der Waals surface area contributed by atoms with Crippen molar-refractivity contribution in [2.75, 3.05) is 50.7 Å². The van der Waals surface area contributed by atoms with E-state index in [4.69, 9.17) is 9.47 Å². The first-order valence-corrected chi connectivity index (χ1v) is 10.9. The molecule has 0 aliphatic carbocycles. The standard InChI is InChI=1S/C24H29N5O4/c1-6-28-10-11-29(24(28)31)17-9-7-8-16(12-17)14-27(3)23-25-18-13-19(32-4)21(33-5)15(2)20(18)22(30)26-23/h7-9,12-13H,6,10-11,14H2,1-5H3,(H,25,26,30). The maximum atomic E-state index is 12.9. The first-order valence-electron chi connectivity index (χ1n) is 10.9. The van der Waals surface area contributed by atoms with E-state index >= 15 is 0 Å². The Hall–Kier alpha value is -3.75. The number of aromatic nitrogens is 2. The smallest absolute Gasteiger partial charge is 0.324 e. The summed E-state index contributed by atoms with van der Waals surface area (Å²) >= 11 is 0. The zero-order valence-corrected chi connectivity index (χ0v) is 19.6. The van der Waals surface area contributed by atoms with Gasteiger partial charge in [-0.1, -0.05) is 12.1 Å². The molecule has 0 saturated carbocycles. The first-order chi connectivity index (χ1) is 15.9. The Morgan fingerprint density at radius 1 is 1.15 bits per heavy atom. The number of urea groups is 1. The van der Waals surface area contributed by atoms with E-state index in [1.807, 2.05) is 55.0 Å². The topological polar surface area (TPSA) is 91.0 Å². The molecule has 1 saturated heterocycles. The number of hydrogen-bond acceptors (Lipinski definition) is 6. The lowest BCUT2D eigenvalue weighted by atomic mass is 10.1. The van der Waals surface area contributed by atoms with Crippen LogP contribution in [-0.2, 0) is 6.54 Å². The number of ether oxygens (including phenoxy) is 2. The summed E-state index contributed by atoms with van der Waals surface area (Å²) in [4.78, 5) is 38.4. The fourth-order valence-electron chi connectivity index (χ4n) is 4.32. The van der Waals surface area contributed by atoms with Crippen molar-refractivity contribution in [1.82, 2.24) is 14.9 Å². The molecule has 1 aromatic heterocycles. The van der Waals surface area contributed by atoms with Crippen molar-refractivity contribution in [3.8, 4) is 11.5 Å². The number of anilines is 2. The molecule has 3 aromatic rings. The number of aromatic amines is 1. The summed E-state index contributed by atoms with van der Waals surface area (Å²) < 4.78 is 10.8. The number of aryl methyl sites for hydroxylation is 1. The number of benzene rings is 2. The number of rotatable bonds is 7. The number of fused-ring (bicyclic) bond motifs is 1. The molecule has 1 N–H and O–H groups in total. The second-order valence-electron chi connectivity index (χ2n) is 8.07. The minimum absolute atomic E-state index is 0.0308. The second-order valence-corrected chi connectivity index (χ2v) is 8.07. The number of carbonyl (C=O) groups excluding carboxylic acids is 1. The fourth-order valence-corrected chi connectivity index (χ4v) is 4.32. The van der Waals surface area contributed by atoms with Crippen LogP contribution in [0.5, 0.6) is 11.5 Å². The van der Waals surface area contributed by atoms with E-state index in [0.717, 1.165) is 17.8 Å². The van der Waals surface area contributed by atoms with Crippen molar-refractivity contribution in [3.63, 3.8) is 0 Å². The molecule has 1 fully saturated rings. The van der Waals surface area contributed by atoms with Gasteiger partial charge in [0.15, 0.2) is 11.5 Å². The molecular formula is C24H29N5O4. The van der Waals surface area contributed by atoms with Crippen molar-refractivity contribution in [3.05, 3.63) is 51.8 Å². The van der Waals surface area contributed by atoms with E-state index in [1.165, 1.54) is 0 Å². The average molecular weight is 452 g/mol. The number of methoxy groups -OCH3 is 2. The molecule has 174 valence electrons. The minimum atomic E-state index is -0.333. The van der Waals surface area contributed by atoms with Crippen LogP contribution in [0.2, 0.25) is 0 Å². The number of amides is 2. The van der Waals surface area contributed by atoms with Gasteiger partial charge in [0.05, 0.1) is 25.1 Å². The highest BCUT2D eigenvalue weighted by Gasteiger charge is 2.28. The van der Waals surface area contributed by atoms with Crippen LogP contribution in [-0.4, -0.2) is 61.8 Å². The van der Waals surface area contributed by atoms with Crippen molar-refractivity contribution in [2.45, 2.75) is 20.4 Å². The van der Waals surface area contributed by atoms with Crippen LogP contribution in [0.15, 0.2) is 35.1 Å². The molecule has 0 bridgehead atoms. The second kappa shape index (κ2) is 9.01. The van der Waals surface area contributed by atoms with Crippen molar-refractivity contribution >= 4 is 28.6 Å². The summed E-state index contributed by atoms with van der Waals surface area (Å²) in [5.74, 6) is 1.51. The van der Waals surface area contributed by atoms with Gasteiger partial charge in [0.25, 0.3) is 5.56 Å². The molecule has 1 aliphatic rings. The normalized spacial score (nSPS) is 13.7. The number of carbonyl (C=O) groups is 1. The molecule has 4 rings (SSSR count). The first kappa shape index (κ1) is 22.4. The molecule has 0 unspecified atom stereocenters. The highest BCUT2D eigenvalue weighted by Crippen LogP contribution is 2.35. The van der Waals surface area contributed by atoms with Crippen LogP contribution in [0.25, 0.3) is 10.9 Å². The molecule has 2 amide bonds. The summed E-state index contributed by atoms with van der Waals surface area (Å²) in [5.41, 5.74) is 2.85. The number of nitrogens with one attached hydrogen (secondary N) is 1. The van der Waals surface area contributed by atoms with Gasteiger partial charge < -0.3 is 24.3 Å². The van der Waals surface area contributed by atoms with Crippen LogP contribution in [0.3, 0.4) is 0 Å². The van der Waals surface area contributed by atoms with Crippen LogP contribution in [0.4, 0.5) is 16.4 Å². The van der Waals surface area contributed by atoms with Crippen LogP contribution in [0, 0.1) is 6.92 Å². The Morgan fingerprint density at radius 3 is 2.61 bits per heavy atom. The van der Waals surface area contributed by atoms with E-state index in [0.29, 0.717) is 53.5 Å². The van der Waals surface area contributed by atoms with Gasteiger partial charge in [0.1, 0.15) is 0 Å².